The molecule has 0 fully saturated rings. The minimum Gasteiger partial charge on any atom is -0.331 e. The Balaban J connectivity index is 1.77. The molecule has 0 bridgehead atoms. The number of thiophene rings is 2. The van der Waals surface area contributed by atoms with Crippen LogP contribution in [0.4, 0.5) is 0 Å². The van der Waals surface area contributed by atoms with Crippen LogP contribution in [0.1, 0.15) is 9.75 Å². The van der Waals surface area contributed by atoms with Crippen LogP contribution in [-0.2, 0) is 14.1 Å². The molecule has 6 heteroatoms. The second-order valence-corrected chi connectivity index (χ2v) is 8.52. The summed E-state index contributed by atoms with van der Waals surface area (Å²) in [5.41, 5.74) is 2.00. The van der Waals surface area contributed by atoms with Gasteiger partial charge >= 0.3 is 0 Å². The van der Waals surface area contributed by atoms with Gasteiger partial charge in [-0.05, 0) is 38.1 Å². The summed E-state index contributed by atoms with van der Waals surface area (Å²) in [5, 5.41) is 0. The number of hydrogen-bond acceptors (Lipinski definition) is 4. The van der Waals surface area contributed by atoms with E-state index < -0.39 is 0 Å². The van der Waals surface area contributed by atoms with Crippen molar-refractivity contribution in [1.82, 2.24) is 19.1 Å². The van der Waals surface area contributed by atoms with Crippen molar-refractivity contribution in [3.63, 3.8) is 0 Å². The molecule has 24 heavy (non-hydrogen) atoms. The summed E-state index contributed by atoms with van der Waals surface area (Å²) in [4.78, 5) is 14.6. The zero-order valence-corrected chi connectivity index (χ0v) is 15.7. The van der Waals surface area contributed by atoms with Crippen LogP contribution in [0.3, 0.4) is 0 Å². The van der Waals surface area contributed by atoms with E-state index in [2.05, 4.69) is 59.6 Å². The average Bonchev–Trinajstić information content (AvgIpc) is 3.27. The summed E-state index contributed by atoms with van der Waals surface area (Å²) in [5.74, 6) is 1.77. The third-order valence-corrected chi connectivity index (χ3v) is 5.98. The van der Waals surface area contributed by atoms with Crippen molar-refractivity contribution in [3.8, 4) is 32.8 Å². The molecule has 0 aliphatic carbocycles. The Morgan fingerprint density at radius 2 is 1.12 bits per heavy atom. The fourth-order valence-electron chi connectivity index (χ4n) is 2.73. The molecule has 0 N–H and O–H groups in total. The lowest BCUT2D eigenvalue weighted by Gasteiger charge is -2.00. The summed E-state index contributed by atoms with van der Waals surface area (Å²) in [6.07, 6.45) is 4.15. The van der Waals surface area contributed by atoms with Crippen LogP contribution in [0.15, 0.2) is 36.7 Å². The van der Waals surface area contributed by atoms with Crippen molar-refractivity contribution in [1.29, 1.82) is 0 Å². The van der Waals surface area contributed by atoms with Crippen molar-refractivity contribution < 1.29 is 0 Å². The predicted octanol–water partition coefficient (Wildman–Crippen LogP) is 4.89. The molecule has 0 atom stereocenters. The molecule has 0 amide bonds. The average molecular weight is 355 g/mol. The van der Waals surface area contributed by atoms with Gasteiger partial charge < -0.3 is 9.13 Å². The Kier molecular flexibility index (Phi) is 3.66. The lowest BCUT2D eigenvalue weighted by atomic mass is 10.4. The topological polar surface area (TPSA) is 35.6 Å². The molecule has 0 aromatic carbocycles. The first-order valence-electron chi connectivity index (χ1n) is 7.72. The van der Waals surface area contributed by atoms with Crippen molar-refractivity contribution >= 4 is 22.7 Å². The zero-order chi connectivity index (χ0) is 16.8. The van der Waals surface area contributed by atoms with E-state index in [1.807, 2.05) is 14.1 Å². The Morgan fingerprint density at radius 3 is 1.46 bits per heavy atom. The molecule has 4 aromatic rings. The standard InChI is InChI=1S/C18H18N4S2/c1-11-5-7-15(23-11)13-9-21(3)17(19-13)18-20-14(10-22(18)4)16-8-6-12(2)24-16/h5-10H,1-4H3. The monoisotopic (exact) mass is 354 g/mol. The maximum absolute atomic E-state index is 4.83. The van der Waals surface area contributed by atoms with E-state index in [4.69, 9.17) is 9.97 Å². The lowest BCUT2D eigenvalue weighted by Crippen LogP contribution is -1.98. The largest absolute Gasteiger partial charge is 0.331 e. The number of hydrogen-bond donors (Lipinski definition) is 0. The van der Waals surface area contributed by atoms with Crippen LogP contribution in [0.5, 0.6) is 0 Å². The molecule has 0 saturated carbocycles. The first kappa shape index (κ1) is 15.4. The van der Waals surface area contributed by atoms with Gasteiger partial charge in [-0.15, -0.1) is 22.7 Å². The van der Waals surface area contributed by atoms with E-state index in [0.717, 1.165) is 23.0 Å². The molecule has 0 spiro atoms. The number of rotatable bonds is 3. The zero-order valence-electron chi connectivity index (χ0n) is 14.1. The highest BCUT2D eigenvalue weighted by atomic mass is 32.1. The molecule has 0 radical (unpaired) electrons. The highest BCUT2D eigenvalue weighted by Crippen LogP contribution is 2.31. The molecule has 0 unspecified atom stereocenters. The van der Waals surface area contributed by atoms with E-state index in [-0.39, 0.29) is 0 Å². The maximum atomic E-state index is 4.83. The Labute approximate surface area is 149 Å². The third-order valence-electron chi connectivity index (χ3n) is 3.94. The quantitative estimate of drug-likeness (QED) is 0.525. The van der Waals surface area contributed by atoms with Gasteiger partial charge in [-0.25, -0.2) is 9.97 Å². The molecular weight excluding hydrogens is 336 g/mol. The molecule has 4 aromatic heterocycles. The smallest absolute Gasteiger partial charge is 0.176 e. The highest BCUT2D eigenvalue weighted by molar-refractivity contribution is 7.15. The van der Waals surface area contributed by atoms with Crippen molar-refractivity contribution in [2.75, 3.05) is 0 Å². The van der Waals surface area contributed by atoms with E-state index in [0.29, 0.717) is 0 Å². The number of nitrogens with zero attached hydrogens (tertiary/aromatic N) is 4. The molecule has 122 valence electrons. The van der Waals surface area contributed by atoms with Crippen LogP contribution >= 0.6 is 22.7 Å². The lowest BCUT2D eigenvalue weighted by molar-refractivity contribution is 0.860. The molecule has 0 aliphatic rings. The Morgan fingerprint density at radius 1 is 0.708 bits per heavy atom. The van der Waals surface area contributed by atoms with E-state index >= 15 is 0 Å². The van der Waals surface area contributed by atoms with Gasteiger partial charge in [0.25, 0.3) is 0 Å². The van der Waals surface area contributed by atoms with E-state index in [1.165, 1.54) is 19.5 Å². The van der Waals surface area contributed by atoms with E-state index in [9.17, 15) is 0 Å². The first-order valence-corrected chi connectivity index (χ1v) is 9.35. The van der Waals surface area contributed by atoms with Gasteiger partial charge in [-0.1, -0.05) is 0 Å². The van der Waals surface area contributed by atoms with Gasteiger partial charge in [0.2, 0.25) is 0 Å². The van der Waals surface area contributed by atoms with Crippen LogP contribution < -0.4 is 0 Å². The van der Waals surface area contributed by atoms with Gasteiger partial charge in [0, 0.05) is 36.2 Å². The SMILES string of the molecule is Cc1ccc(-c2cn(C)c(-c3nc(-c4ccc(C)s4)cn3C)n2)s1. The van der Waals surface area contributed by atoms with Crippen molar-refractivity contribution in [2.45, 2.75) is 13.8 Å². The maximum Gasteiger partial charge on any atom is 0.176 e. The van der Waals surface area contributed by atoms with Crippen LogP contribution in [0.2, 0.25) is 0 Å². The summed E-state index contributed by atoms with van der Waals surface area (Å²) in [6.45, 7) is 4.23. The van der Waals surface area contributed by atoms with Gasteiger partial charge in [0.1, 0.15) is 0 Å². The summed E-state index contributed by atoms with van der Waals surface area (Å²) in [7, 11) is 4.05. The fraction of sp³-hybridized carbons (Fsp3) is 0.222. The van der Waals surface area contributed by atoms with Crippen LogP contribution in [0.25, 0.3) is 32.8 Å². The minimum absolute atomic E-state index is 0.887. The summed E-state index contributed by atoms with van der Waals surface area (Å²) < 4.78 is 4.10. The third kappa shape index (κ3) is 2.61. The van der Waals surface area contributed by atoms with Crippen molar-refractivity contribution in [3.05, 3.63) is 46.4 Å². The second-order valence-electron chi connectivity index (χ2n) is 5.94. The highest BCUT2D eigenvalue weighted by Gasteiger charge is 2.17. The van der Waals surface area contributed by atoms with Gasteiger partial charge in [0.05, 0.1) is 21.1 Å². The van der Waals surface area contributed by atoms with Gasteiger partial charge in [-0.3, -0.25) is 0 Å². The fourth-order valence-corrected chi connectivity index (χ4v) is 4.37. The second kappa shape index (κ2) is 5.72. The van der Waals surface area contributed by atoms with Crippen LogP contribution in [-0.4, -0.2) is 19.1 Å². The Bertz CT molecular complexity index is 933. The molecular formula is C18H18N4S2. The number of aromatic nitrogens is 4. The number of aryl methyl sites for hydroxylation is 4. The Hall–Kier alpha value is -2.18. The van der Waals surface area contributed by atoms with Crippen LogP contribution in [0, 0.1) is 13.8 Å². The number of imidazole rings is 2. The minimum atomic E-state index is 0.887. The molecule has 4 rings (SSSR count). The molecule has 0 saturated heterocycles. The molecule has 4 nitrogen and oxygen atoms in total. The molecule has 4 heterocycles. The normalized spacial score (nSPS) is 11.3. The van der Waals surface area contributed by atoms with E-state index in [1.54, 1.807) is 22.7 Å². The van der Waals surface area contributed by atoms with Crippen molar-refractivity contribution in [2.24, 2.45) is 14.1 Å². The summed E-state index contributed by atoms with van der Waals surface area (Å²) >= 11 is 3.53. The van der Waals surface area contributed by atoms with Gasteiger partial charge in [-0.2, -0.15) is 0 Å². The first-order chi connectivity index (χ1) is 11.5. The predicted molar refractivity (Wildman–Crippen MR) is 102 cm³/mol. The molecule has 0 aliphatic heterocycles. The summed E-state index contributed by atoms with van der Waals surface area (Å²) in [6, 6.07) is 8.52. The van der Waals surface area contributed by atoms with Gasteiger partial charge in [0.15, 0.2) is 11.6 Å².